The van der Waals surface area contributed by atoms with Crippen LogP contribution in [0.25, 0.3) is 0 Å². The Morgan fingerprint density at radius 2 is 1.54 bits per heavy atom. The fraction of sp³-hybridized carbons (Fsp3) is 0.222. The molecule has 0 aliphatic heterocycles. The molecule has 0 saturated heterocycles. The Hall–Kier alpha value is -2.08. The molecule has 0 fully saturated rings. The van der Waals surface area contributed by atoms with Crippen LogP contribution in [0.2, 0.25) is 0 Å². The van der Waals surface area contributed by atoms with Gasteiger partial charge in [-0.25, -0.2) is 4.79 Å². The van der Waals surface area contributed by atoms with E-state index >= 15 is 0 Å². The normalized spacial score (nSPS) is 12.3. The molecule has 0 N–H and O–H groups in total. The first-order valence-electron chi connectivity index (χ1n) is 7.35. The highest BCUT2D eigenvalue weighted by Crippen LogP contribution is 2.30. The van der Waals surface area contributed by atoms with Crippen molar-refractivity contribution < 1.29 is 18.3 Å². The van der Waals surface area contributed by atoms with E-state index in [0.717, 1.165) is 0 Å². The zero-order chi connectivity index (χ0) is 17.6. The van der Waals surface area contributed by atoms with Gasteiger partial charge in [-0.2, -0.15) is 8.78 Å². The molecule has 24 heavy (non-hydrogen) atoms. The summed E-state index contributed by atoms with van der Waals surface area (Å²) in [5.74, 6) is -1.08. The van der Waals surface area contributed by atoms with Gasteiger partial charge in [0.1, 0.15) is 0 Å². The number of ether oxygens (including phenoxy) is 1. The number of rotatable bonds is 6. The standard InChI is InChI=1S/C18H16BrF2NO2/c1-2-24-17(23)16(18(19,20)21)22-15(13-9-5-3-6-10-13)14-11-7-4-8-12-14/h3-12,16H,2H2,1H3. The van der Waals surface area contributed by atoms with E-state index in [2.05, 4.69) is 20.9 Å². The van der Waals surface area contributed by atoms with Crippen molar-refractivity contribution in [2.24, 2.45) is 4.99 Å². The van der Waals surface area contributed by atoms with Gasteiger partial charge in [0.25, 0.3) is 0 Å². The maximum atomic E-state index is 13.9. The lowest BCUT2D eigenvalue weighted by molar-refractivity contribution is -0.149. The van der Waals surface area contributed by atoms with E-state index in [1.165, 1.54) is 0 Å². The van der Waals surface area contributed by atoms with Crippen molar-refractivity contribution in [1.29, 1.82) is 0 Å². The highest BCUT2D eigenvalue weighted by Gasteiger charge is 2.43. The van der Waals surface area contributed by atoms with Crippen LogP contribution in [0.4, 0.5) is 8.78 Å². The van der Waals surface area contributed by atoms with E-state index in [4.69, 9.17) is 4.74 Å². The van der Waals surface area contributed by atoms with Gasteiger partial charge < -0.3 is 4.74 Å². The summed E-state index contributed by atoms with van der Waals surface area (Å²) in [5.41, 5.74) is 1.57. The largest absolute Gasteiger partial charge is 0.464 e. The summed E-state index contributed by atoms with van der Waals surface area (Å²) < 4.78 is 32.5. The van der Waals surface area contributed by atoms with Crippen LogP contribution in [0.3, 0.4) is 0 Å². The molecule has 0 amide bonds. The second-order valence-electron chi connectivity index (χ2n) is 4.91. The molecule has 6 heteroatoms. The first-order valence-corrected chi connectivity index (χ1v) is 8.14. The average molecular weight is 396 g/mol. The molecular formula is C18H16BrF2NO2. The van der Waals surface area contributed by atoms with Crippen LogP contribution in [0.15, 0.2) is 65.7 Å². The minimum atomic E-state index is -3.52. The van der Waals surface area contributed by atoms with E-state index in [-0.39, 0.29) is 6.61 Å². The van der Waals surface area contributed by atoms with E-state index in [1.54, 1.807) is 55.5 Å². The number of aliphatic imine (C=N–C) groups is 1. The zero-order valence-electron chi connectivity index (χ0n) is 13.0. The first-order chi connectivity index (χ1) is 11.4. The quantitative estimate of drug-likeness (QED) is 0.411. The van der Waals surface area contributed by atoms with Crippen LogP contribution in [-0.2, 0) is 9.53 Å². The van der Waals surface area contributed by atoms with Crippen molar-refractivity contribution in [2.45, 2.75) is 17.8 Å². The lowest BCUT2D eigenvalue weighted by atomic mass is 10.0. The maximum Gasteiger partial charge on any atom is 0.338 e. The smallest absolute Gasteiger partial charge is 0.338 e. The molecule has 2 aromatic carbocycles. The van der Waals surface area contributed by atoms with Crippen molar-refractivity contribution in [3.05, 3.63) is 71.8 Å². The highest BCUT2D eigenvalue weighted by atomic mass is 79.9. The van der Waals surface area contributed by atoms with Crippen LogP contribution < -0.4 is 0 Å². The monoisotopic (exact) mass is 395 g/mol. The summed E-state index contributed by atoms with van der Waals surface area (Å²) in [6, 6.07) is 15.8. The van der Waals surface area contributed by atoms with Gasteiger partial charge in [-0.05, 0) is 22.9 Å². The molecule has 2 rings (SSSR count). The van der Waals surface area contributed by atoms with Gasteiger partial charge in [-0.15, -0.1) is 0 Å². The lowest BCUT2D eigenvalue weighted by Gasteiger charge is -2.19. The number of benzene rings is 2. The Labute approximate surface area is 147 Å². The number of alkyl halides is 3. The third-order valence-electron chi connectivity index (χ3n) is 3.17. The molecule has 0 heterocycles. The van der Waals surface area contributed by atoms with Crippen LogP contribution in [0.1, 0.15) is 18.1 Å². The predicted molar refractivity (Wildman–Crippen MR) is 92.8 cm³/mol. The second-order valence-corrected chi connectivity index (χ2v) is 5.96. The van der Waals surface area contributed by atoms with Crippen LogP contribution in [0.5, 0.6) is 0 Å². The number of hydrogen-bond acceptors (Lipinski definition) is 3. The van der Waals surface area contributed by atoms with Crippen molar-refractivity contribution in [1.82, 2.24) is 0 Å². The van der Waals surface area contributed by atoms with E-state index in [1.807, 2.05) is 12.1 Å². The molecule has 0 radical (unpaired) electrons. The molecular weight excluding hydrogens is 380 g/mol. The molecule has 0 aromatic heterocycles. The van der Waals surface area contributed by atoms with Gasteiger partial charge in [-0.1, -0.05) is 60.7 Å². The van der Waals surface area contributed by atoms with Crippen molar-refractivity contribution in [2.75, 3.05) is 6.61 Å². The van der Waals surface area contributed by atoms with Crippen molar-refractivity contribution in [3.8, 4) is 0 Å². The van der Waals surface area contributed by atoms with E-state index in [0.29, 0.717) is 16.8 Å². The minimum Gasteiger partial charge on any atom is -0.464 e. The number of carbonyl (C=O) groups is 1. The zero-order valence-corrected chi connectivity index (χ0v) is 14.5. The van der Waals surface area contributed by atoms with Gasteiger partial charge in [0.15, 0.2) is 0 Å². The fourth-order valence-corrected chi connectivity index (χ4v) is 2.41. The van der Waals surface area contributed by atoms with Gasteiger partial charge in [0, 0.05) is 11.1 Å². The molecule has 0 aliphatic carbocycles. The molecule has 3 nitrogen and oxygen atoms in total. The SMILES string of the molecule is CCOC(=O)C(N=C(c1ccccc1)c1ccccc1)C(F)(F)Br. The molecule has 0 spiro atoms. The Bertz CT molecular complexity index is 658. The summed E-state index contributed by atoms with van der Waals surface area (Å²) in [7, 11) is 0. The van der Waals surface area contributed by atoms with Gasteiger partial charge >= 0.3 is 10.8 Å². The Morgan fingerprint density at radius 1 is 1.08 bits per heavy atom. The molecule has 0 aliphatic rings. The number of hydrogen-bond donors (Lipinski definition) is 0. The Morgan fingerprint density at radius 3 is 1.92 bits per heavy atom. The van der Waals surface area contributed by atoms with E-state index in [9.17, 15) is 13.6 Å². The minimum absolute atomic E-state index is 0.0000589. The molecule has 126 valence electrons. The Kier molecular flexibility index (Phi) is 6.20. The molecule has 0 bridgehead atoms. The number of esters is 1. The fourth-order valence-electron chi connectivity index (χ4n) is 2.12. The van der Waals surface area contributed by atoms with Crippen LogP contribution in [0, 0.1) is 0 Å². The molecule has 2 aromatic rings. The first kappa shape index (κ1) is 18.3. The van der Waals surface area contributed by atoms with Gasteiger partial charge in [-0.3, -0.25) is 4.99 Å². The predicted octanol–water partition coefficient (Wildman–Crippen LogP) is 4.44. The molecule has 1 atom stereocenters. The van der Waals surface area contributed by atoms with Gasteiger partial charge in [0.05, 0.1) is 12.3 Å². The average Bonchev–Trinajstić information content (AvgIpc) is 2.56. The Balaban J connectivity index is 2.56. The number of nitrogens with zero attached hydrogens (tertiary/aromatic N) is 1. The van der Waals surface area contributed by atoms with Crippen molar-refractivity contribution in [3.63, 3.8) is 0 Å². The summed E-state index contributed by atoms with van der Waals surface area (Å²) in [4.78, 5) is 12.5. The summed E-state index contributed by atoms with van der Waals surface area (Å²) in [6.45, 7) is 1.56. The summed E-state index contributed by atoms with van der Waals surface area (Å²) in [6.07, 6.45) is 0. The third-order valence-corrected chi connectivity index (χ3v) is 3.61. The maximum absolute atomic E-state index is 13.9. The van der Waals surface area contributed by atoms with Crippen LogP contribution >= 0.6 is 15.9 Å². The third kappa shape index (κ3) is 4.71. The van der Waals surface area contributed by atoms with Gasteiger partial charge in [0.2, 0.25) is 6.04 Å². The van der Waals surface area contributed by atoms with Crippen molar-refractivity contribution >= 4 is 27.6 Å². The number of halogens is 3. The lowest BCUT2D eigenvalue weighted by Crippen LogP contribution is -2.36. The molecule has 1 unspecified atom stereocenters. The molecule has 0 saturated carbocycles. The van der Waals surface area contributed by atoms with Crippen LogP contribution in [-0.4, -0.2) is 29.2 Å². The second kappa shape index (κ2) is 8.15. The summed E-state index contributed by atoms with van der Waals surface area (Å²) in [5, 5.41) is 0. The number of carbonyl (C=O) groups excluding carboxylic acids is 1. The summed E-state index contributed by atoms with van der Waals surface area (Å²) >= 11 is 2.25. The topological polar surface area (TPSA) is 38.7 Å². The highest BCUT2D eigenvalue weighted by molar-refractivity contribution is 9.10. The van der Waals surface area contributed by atoms with E-state index < -0.39 is 16.8 Å².